The molecular weight excluding hydrogens is 236 g/mol. The van der Waals surface area contributed by atoms with E-state index in [1.807, 2.05) is 20.8 Å². The van der Waals surface area contributed by atoms with Gasteiger partial charge in [-0.1, -0.05) is 33.4 Å². The summed E-state index contributed by atoms with van der Waals surface area (Å²) in [6, 6.07) is 2.79. The third-order valence-electron chi connectivity index (χ3n) is 2.61. The molecule has 1 atom stereocenters. The fourth-order valence-corrected chi connectivity index (χ4v) is 1.70. The standard InChI is InChI=1S/C14H17F2NO/c1-5-12(18)17-13(14(2,3)4)10-7-6-9(15)8-11(10)16/h5-8,13H,1H2,2-4H3,(H,17,18). The highest BCUT2D eigenvalue weighted by Crippen LogP contribution is 2.34. The lowest BCUT2D eigenvalue weighted by Crippen LogP contribution is -2.36. The molecule has 0 spiro atoms. The van der Waals surface area contributed by atoms with Gasteiger partial charge in [0.2, 0.25) is 5.91 Å². The van der Waals surface area contributed by atoms with Crippen molar-refractivity contribution in [1.82, 2.24) is 5.32 Å². The number of carbonyl (C=O) groups is 1. The fraction of sp³-hybridized carbons (Fsp3) is 0.357. The van der Waals surface area contributed by atoms with Gasteiger partial charge in [0.25, 0.3) is 0 Å². The predicted molar refractivity (Wildman–Crippen MR) is 66.9 cm³/mol. The molecule has 98 valence electrons. The monoisotopic (exact) mass is 253 g/mol. The minimum absolute atomic E-state index is 0.263. The maximum absolute atomic E-state index is 13.8. The van der Waals surface area contributed by atoms with Crippen molar-refractivity contribution >= 4 is 5.91 Å². The van der Waals surface area contributed by atoms with Crippen molar-refractivity contribution in [2.24, 2.45) is 5.41 Å². The summed E-state index contributed by atoms with van der Waals surface area (Å²) in [5.74, 6) is -1.70. The van der Waals surface area contributed by atoms with Gasteiger partial charge in [0.1, 0.15) is 11.6 Å². The van der Waals surface area contributed by atoms with Crippen LogP contribution in [0.1, 0.15) is 32.4 Å². The number of amides is 1. The molecule has 1 aromatic rings. The van der Waals surface area contributed by atoms with E-state index in [1.165, 1.54) is 12.1 Å². The van der Waals surface area contributed by atoms with Gasteiger partial charge in [-0.05, 0) is 17.6 Å². The molecule has 2 nitrogen and oxygen atoms in total. The van der Waals surface area contributed by atoms with Gasteiger partial charge in [0.05, 0.1) is 6.04 Å². The highest BCUT2D eigenvalue weighted by molar-refractivity contribution is 5.87. The molecule has 1 aromatic carbocycles. The summed E-state index contributed by atoms with van der Waals surface area (Å²) < 4.78 is 26.7. The van der Waals surface area contributed by atoms with Crippen molar-refractivity contribution < 1.29 is 13.6 Å². The Morgan fingerprint density at radius 2 is 2.00 bits per heavy atom. The second-order valence-electron chi connectivity index (χ2n) is 5.18. The molecule has 1 rings (SSSR count). The van der Waals surface area contributed by atoms with E-state index in [1.54, 1.807) is 0 Å². The van der Waals surface area contributed by atoms with E-state index >= 15 is 0 Å². The second-order valence-corrected chi connectivity index (χ2v) is 5.18. The van der Waals surface area contributed by atoms with Crippen molar-refractivity contribution in [3.63, 3.8) is 0 Å². The van der Waals surface area contributed by atoms with E-state index in [4.69, 9.17) is 0 Å². The lowest BCUT2D eigenvalue weighted by atomic mass is 9.82. The first kappa shape index (κ1) is 14.4. The molecule has 0 fully saturated rings. The highest BCUT2D eigenvalue weighted by atomic mass is 19.1. The molecule has 0 aliphatic heterocycles. The topological polar surface area (TPSA) is 29.1 Å². The van der Waals surface area contributed by atoms with Gasteiger partial charge >= 0.3 is 0 Å². The van der Waals surface area contributed by atoms with Crippen LogP contribution in [0.15, 0.2) is 30.9 Å². The third kappa shape index (κ3) is 3.39. The van der Waals surface area contributed by atoms with Crippen LogP contribution >= 0.6 is 0 Å². The summed E-state index contributed by atoms with van der Waals surface area (Å²) in [6.07, 6.45) is 1.13. The van der Waals surface area contributed by atoms with E-state index in [-0.39, 0.29) is 5.56 Å². The predicted octanol–water partition coefficient (Wildman–Crippen LogP) is 3.35. The largest absolute Gasteiger partial charge is 0.345 e. The summed E-state index contributed by atoms with van der Waals surface area (Å²) in [4.78, 5) is 11.4. The first-order chi connectivity index (χ1) is 8.25. The Morgan fingerprint density at radius 3 is 2.44 bits per heavy atom. The average Bonchev–Trinajstić information content (AvgIpc) is 2.25. The van der Waals surface area contributed by atoms with Crippen LogP contribution in [-0.4, -0.2) is 5.91 Å². The number of hydrogen-bond acceptors (Lipinski definition) is 1. The summed E-state index contributed by atoms with van der Waals surface area (Å²) in [7, 11) is 0. The van der Waals surface area contributed by atoms with E-state index < -0.39 is 29.0 Å². The lowest BCUT2D eigenvalue weighted by molar-refractivity contribution is -0.118. The number of benzene rings is 1. The van der Waals surface area contributed by atoms with Gasteiger partial charge in [-0.15, -0.1) is 0 Å². The highest BCUT2D eigenvalue weighted by Gasteiger charge is 2.29. The second kappa shape index (κ2) is 5.29. The Labute approximate surface area is 106 Å². The maximum atomic E-state index is 13.8. The van der Waals surface area contributed by atoms with E-state index in [2.05, 4.69) is 11.9 Å². The van der Waals surface area contributed by atoms with Crippen LogP contribution in [0.3, 0.4) is 0 Å². The first-order valence-electron chi connectivity index (χ1n) is 5.63. The Balaban J connectivity index is 3.17. The van der Waals surface area contributed by atoms with Gasteiger partial charge in [0.15, 0.2) is 0 Å². The molecule has 18 heavy (non-hydrogen) atoms. The van der Waals surface area contributed by atoms with E-state index in [0.29, 0.717) is 0 Å². The Morgan fingerprint density at radius 1 is 1.39 bits per heavy atom. The minimum Gasteiger partial charge on any atom is -0.345 e. The summed E-state index contributed by atoms with van der Waals surface area (Å²) in [6.45, 7) is 8.95. The summed E-state index contributed by atoms with van der Waals surface area (Å²) in [5, 5.41) is 2.66. The average molecular weight is 253 g/mol. The van der Waals surface area contributed by atoms with Crippen molar-refractivity contribution in [3.05, 3.63) is 48.1 Å². The molecule has 0 radical (unpaired) electrons. The maximum Gasteiger partial charge on any atom is 0.243 e. The van der Waals surface area contributed by atoms with Crippen molar-refractivity contribution in [1.29, 1.82) is 0 Å². The quantitative estimate of drug-likeness (QED) is 0.822. The van der Waals surface area contributed by atoms with Crippen LogP contribution in [0, 0.1) is 17.0 Å². The molecule has 1 amide bonds. The van der Waals surface area contributed by atoms with Crippen molar-refractivity contribution in [2.75, 3.05) is 0 Å². The molecular formula is C14H17F2NO. The number of nitrogens with one attached hydrogen (secondary N) is 1. The van der Waals surface area contributed by atoms with Crippen LogP contribution in [0.2, 0.25) is 0 Å². The molecule has 0 saturated carbocycles. The lowest BCUT2D eigenvalue weighted by Gasteiger charge is -2.31. The number of carbonyl (C=O) groups excluding carboxylic acids is 1. The van der Waals surface area contributed by atoms with E-state index in [0.717, 1.165) is 12.1 Å². The molecule has 0 aliphatic carbocycles. The number of halogens is 2. The number of rotatable bonds is 3. The SMILES string of the molecule is C=CC(=O)NC(c1ccc(F)cc1F)C(C)(C)C. The molecule has 0 saturated heterocycles. The normalized spacial score (nSPS) is 12.9. The Hall–Kier alpha value is -1.71. The summed E-state index contributed by atoms with van der Waals surface area (Å²) >= 11 is 0. The van der Waals surface area contributed by atoms with Crippen LogP contribution in [0.4, 0.5) is 8.78 Å². The molecule has 1 N–H and O–H groups in total. The smallest absolute Gasteiger partial charge is 0.243 e. The molecule has 1 unspecified atom stereocenters. The first-order valence-corrected chi connectivity index (χ1v) is 5.63. The Kier molecular flexibility index (Phi) is 4.22. The van der Waals surface area contributed by atoms with Gasteiger partial charge in [0, 0.05) is 11.6 Å². The van der Waals surface area contributed by atoms with E-state index in [9.17, 15) is 13.6 Å². The molecule has 0 aliphatic rings. The summed E-state index contributed by atoms with van der Waals surface area (Å²) in [5.41, 5.74) is -0.142. The molecule has 0 aromatic heterocycles. The van der Waals surface area contributed by atoms with Gasteiger partial charge < -0.3 is 5.32 Å². The zero-order chi connectivity index (χ0) is 13.9. The molecule has 4 heteroatoms. The van der Waals surface area contributed by atoms with Gasteiger partial charge in [-0.2, -0.15) is 0 Å². The van der Waals surface area contributed by atoms with Crippen molar-refractivity contribution in [3.8, 4) is 0 Å². The van der Waals surface area contributed by atoms with Crippen LogP contribution in [0.5, 0.6) is 0 Å². The zero-order valence-corrected chi connectivity index (χ0v) is 10.8. The van der Waals surface area contributed by atoms with Gasteiger partial charge in [-0.25, -0.2) is 8.78 Å². The fourth-order valence-electron chi connectivity index (χ4n) is 1.70. The minimum atomic E-state index is -0.667. The number of hydrogen-bond donors (Lipinski definition) is 1. The third-order valence-corrected chi connectivity index (χ3v) is 2.61. The Bertz CT molecular complexity index is 463. The van der Waals surface area contributed by atoms with Crippen molar-refractivity contribution in [2.45, 2.75) is 26.8 Å². The zero-order valence-electron chi connectivity index (χ0n) is 10.8. The van der Waals surface area contributed by atoms with Crippen LogP contribution in [-0.2, 0) is 4.79 Å². The van der Waals surface area contributed by atoms with Crippen LogP contribution in [0.25, 0.3) is 0 Å². The van der Waals surface area contributed by atoms with Gasteiger partial charge in [-0.3, -0.25) is 4.79 Å². The molecule has 0 bridgehead atoms. The van der Waals surface area contributed by atoms with Crippen LogP contribution < -0.4 is 5.32 Å². The molecule has 0 heterocycles.